The summed E-state index contributed by atoms with van der Waals surface area (Å²) in [5, 5.41) is 2.77. The number of halogens is 3. The van der Waals surface area contributed by atoms with E-state index >= 15 is 0 Å². The molecule has 1 aliphatic heterocycles. The lowest BCUT2D eigenvalue weighted by atomic mass is 10.1. The van der Waals surface area contributed by atoms with Gasteiger partial charge in [-0.25, -0.2) is 13.2 Å². The lowest BCUT2D eigenvalue weighted by Crippen LogP contribution is -2.38. The van der Waals surface area contributed by atoms with Crippen molar-refractivity contribution in [1.82, 2.24) is 10.2 Å². The van der Waals surface area contributed by atoms with Crippen molar-refractivity contribution >= 4 is 0 Å². The Kier molecular flexibility index (Phi) is 4.19. The van der Waals surface area contributed by atoms with E-state index in [9.17, 15) is 13.2 Å². The van der Waals surface area contributed by atoms with Crippen molar-refractivity contribution in [1.29, 1.82) is 0 Å². The van der Waals surface area contributed by atoms with Crippen molar-refractivity contribution in [2.45, 2.75) is 24.8 Å². The molecule has 1 N–H and O–H groups in total. The van der Waals surface area contributed by atoms with Crippen LogP contribution in [0.2, 0.25) is 0 Å². The van der Waals surface area contributed by atoms with Crippen molar-refractivity contribution in [3.8, 4) is 0 Å². The molecule has 0 saturated carbocycles. The summed E-state index contributed by atoms with van der Waals surface area (Å²) in [4.78, 5) is 1.73. The number of nitrogens with zero attached hydrogens (tertiary/aromatic N) is 1. The molecule has 0 bridgehead atoms. The van der Waals surface area contributed by atoms with Gasteiger partial charge in [0.25, 0.3) is 5.92 Å². The van der Waals surface area contributed by atoms with Crippen LogP contribution in [0, 0.1) is 0 Å². The Hall–Kier alpha value is -0.290. The van der Waals surface area contributed by atoms with E-state index in [1.807, 2.05) is 0 Å². The molecule has 0 aliphatic carbocycles. The molecule has 1 saturated heterocycles. The normalized spacial score (nSPS) is 25.9. The van der Waals surface area contributed by atoms with Gasteiger partial charge >= 0.3 is 0 Å². The fourth-order valence-electron chi connectivity index (χ4n) is 1.66. The fraction of sp³-hybridized carbons (Fsp3) is 1.00. The second-order valence-corrected chi connectivity index (χ2v) is 3.80. The summed E-state index contributed by atoms with van der Waals surface area (Å²) in [6, 6.07) is -0.732. The molecular formula is C9H17F3N2. The zero-order valence-electron chi connectivity index (χ0n) is 8.40. The van der Waals surface area contributed by atoms with Gasteiger partial charge in [0.1, 0.15) is 6.67 Å². The van der Waals surface area contributed by atoms with Crippen molar-refractivity contribution < 1.29 is 13.2 Å². The number of rotatable bonds is 5. The van der Waals surface area contributed by atoms with E-state index in [0.717, 1.165) is 0 Å². The third kappa shape index (κ3) is 3.13. The van der Waals surface area contributed by atoms with E-state index in [4.69, 9.17) is 0 Å². The fourth-order valence-corrected chi connectivity index (χ4v) is 1.66. The summed E-state index contributed by atoms with van der Waals surface area (Å²) in [5.41, 5.74) is 0. The number of hydrogen-bond acceptors (Lipinski definition) is 2. The minimum absolute atomic E-state index is 0.0789. The van der Waals surface area contributed by atoms with Gasteiger partial charge in [-0.05, 0) is 20.0 Å². The van der Waals surface area contributed by atoms with Gasteiger partial charge in [0.2, 0.25) is 0 Å². The first kappa shape index (κ1) is 11.8. The van der Waals surface area contributed by atoms with Crippen molar-refractivity contribution in [3.05, 3.63) is 0 Å². The average molecular weight is 210 g/mol. The highest BCUT2D eigenvalue weighted by Gasteiger charge is 2.43. The van der Waals surface area contributed by atoms with E-state index in [0.29, 0.717) is 26.1 Å². The SMILES string of the molecule is CN(CCF)CCC1NCCC1(F)F. The van der Waals surface area contributed by atoms with E-state index in [1.54, 1.807) is 11.9 Å². The van der Waals surface area contributed by atoms with Crippen LogP contribution in [0.3, 0.4) is 0 Å². The van der Waals surface area contributed by atoms with Gasteiger partial charge in [0.05, 0.1) is 6.04 Å². The van der Waals surface area contributed by atoms with Gasteiger partial charge in [-0.15, -0.1) is 0 Å². The average Bonchev–Trinajstić information content (AvgIpc) is 2.42. The first-order valence-corrected chi connectivity index (χ1v) is 4.92. The maximum Gasteiger partial charge on any atom is 0.264 e. The highest BCUT2D eigenvalue weighted by atomic mass is 19.3. The molecule has 0 amide bonds. The van der Waals surface area contributed by atoms with Crippen LogP contribution in [0.15, 0.2) is 0 Å². The Bertz CT molecular complexity index is 175. The zero-order valence-corrected chi connectivity index (χ0v) is 8.40. The minimum Gasteiger partial charge on any atom is -0.308 e. The molecule has 1 atom stereocenters. The van der Waals surface area contributed by atoms with Gasteiger partial charge in [-0.1, -0.05) is 0 Å². The van der Waals surface area contributed by atoms with Crippen LogP contribution in [0.5, 0.6) is 0 Å². The summed E-state index contributed by atoms with van der Waals surface area (Å²) in [6.45, 7) is 0.783. The molecule has 1 fully saturated rings. The molecular weight excluding hydrogens is 193 g/mol. The highest BCUT2D eigenvalue weighted by molar-refractivity contribution is 4.90. The molecule has 0 aromatic rings. The van der Waals surface area contributed by atoms with Crippen molar-refractivity contribution in [3.63, 3.8) is 0 Å². The van der Waals surface area contributed by atoms with Gasteiger partial charge in [0.15, 0.2) is 0 Å². The maximum absolute atomic E-state index is 13.1. The van der Waals surface area contributed by atoms with Gasteiger partial charge in [-0.2, -0.15) is 0 Å². The molecule has 0 aromatic carbocycles. The quantitative estimate of drug-likeness (QED) is 0.735. The lowest BCUT2D eigenvalue weighted by molar-refractivity contribution is -0.0150. The van der Waals surface area contributed by atoms with Crippen LogP contribution in [-0.4, -0.2) is 50.2 Å². The van der Waals surface area contributed by atoms with Crippen LogP contribution in [-0.2, 0) is 0 Å². The summed E-state index contributed by atoms with van der Waals surface area (Å²) in [6.07, 6.45) is 0.300. The minimum atomic E-state index is -2.59. The van der Waals surface area contributed by atoms with E-state index in [2.05, 4.69) is 5.32 Å². The Morgan fingerprint density at radius 3 is 2.64 bits per heavy atom. The zero-order chi connectivity index (χ0) is 10.6. The van der Waals surface area contributed by atoms with Crippen molar-refractivity contribution in [2.24, 2.45) is 0 Å². The van der Waals surface area contributed by atoms with Crippen LogP contribution in [0.4, 0.5) is 13.2 Å². The van der Waals surface area contributed by atoms with Gasteiger partial charge < -0.3 is 10.2 Å². The summed E-state index contributed by atoms with van der Waals surface area (Å²) < 4.78 is 38.1. The summed E-state index contributed by atoms with van der Waals surface area (Å²) in [7, 11) is 1.74. The second kappa shape index (κ2) is 4.98. The van der Waals surface area contributed by atoms with Gasteiger partial charge in [0, 0.05) is 19.5 Å². The van der Waals surface area contributed by atoms with Crippen LogP contribution < -0.4 is 5.32 Å². The number of nitrogens with one attached hydrogen (secondary N) is 1. The molecule has 0 radical (unpaired) electrons. The predicted octanol–water partition coefficient (Wildman–Crippen LogP) is 1.28. The Morgan fingerprint density at radius 1 is 1.43 bits per heavy atom. The molecule has 0 aromatic heterocycles. The highest BCUT2D eigenvalue weighted by Crippen LogP contribution is 2.29. The smallest absolute Gasteiger partial charge is 0.264 e. The first-order valence-electron chi connectivity index (χ1n) is 4.92. The monoisotopic (exact) mass is 210 g/mol. The number of hydrogen-bond donors (Lipinski definition) is 1. The molecule has 14 heavy (non-hydrogen) atoms. The third-order valence-electron chi connectivity index (χ3n) is 2.62. The van der Waals surface area contributed by atoms with E-state index in [1.165, 1.54) is 0 Å². The van der Waals surface area contributed by atoms with Crippen molar-refractivity contribution in [2.75, 3.05) is 33.4 Å². The molecule has 84 valence electrons. The maximum atomic E-state index is 13.1. The standard InChI is InChI=1S/C9H17F3N2/c1-14(7-4-10)6-2-8-9(11,12)3-5-13-8/h8,13H,2-7H2,1H3. The summed E-state index contributed by atoms with van der Waals surface area (Å²) in [5.74, 6) is -2.59. The molecule has 1 heterocycles. The van der Waals surface area contributed by atoms with Gasteiger partial charge in [-0.3, -0.25) is 0 Å². The Labute approximate surface area is 82.5 Å². The lowest BCUT2D eigenvalue weighted by Gasteiger charge is -2.22. The third-order valence-corrected chi connectivity index (χ3v) is 2.62. The molecule has 2 nitrogen and oxygen atoms in total. The number of alkyl halides is 3. The Balaban J connectivity index is 2.24. The van der Waals surface area contributed by atoms with Crippen LogP contribution in [0.25, 0.3) is 0 Å². The first-order chi connectivity index (χ1) is 6.56. The van der Waals surface area contributed by atoms with Crippen LogP contribution in [0.1, 0.15) is 12.8 Å². The van der Waals surface area contributed by atoms with Crippen LogP contribution >= 0.6 is 0 Å². The summed E-state index contributed by atoms with van der Waals surface area (Å²) >= 11 is 0. The van der Waals surface area contributed by atoms with E-state index < -0.39 is 18.6 Å². The predicted molar refractivity (Wildman–Crippen MR) is 49.4 cm³/mol. The molecule has 1 unspecified atom stereocenters. The molecule has 1 rings (SSSR count). The molecule has 5 heteroatoms. The van der Waals surface area contributed by atoms with E-state index in [-0.39, 0.29) is 6.42 Å². The molecule has 0 spiro atoms. The largest absolute Gasteiger partial charge is 0.308 e. The second-order valence-electron chi connectivity index (χ2n) is 3.80. The Morgan fingerprint density at radius 2 is 2.14 bits per heavy atom. The molecule has 1 aliphatic rings. The topological polar surface area (TPSA) is 15.3 Å².